The maximum atomic E-state index is 12.2. The molecule has 10 heteroatoms. The summed E-state index contributed by atoms with van der Waals surface area (Å²) in [7, 11) is 0. The Morgan fingerprint density at radius 3 is 2.19 bits per heavy atom. The quantitative estimate of drug-likeness (QED) is 0.413. The molecule has 0 heterocycles. The van der Waals surface area contributed by atoms with Crippen LogP contribution >= 0.6 is 27.5 Å². The third-order valence-electron chi connectivity index (χ3n) is 3.18. The van der Waals surface area contributed by atoms with Gasteiger partial charge in [0.2, 0.25) is 5.75 Å². The Bertz CT molecular complexity index is 813. The molecule has 0 saturated carbocycles. The van der Waals surface area contributed by atoms with Gasteiger partial charge in [-0.05, 0) is 51.7 Å². The van der Waals surface area contributed by atoms with Crippen LogP contribution in [0.5, 0.6) is 11.5 Å². The summed E-state index contributed by atoms with van der Waals surface area (Å²) in [5.74, 6) is -0.189. The Labute approximate surface area is 160 Å². The minimum absolute atomic E-state index is 0.278. The summed E-state index contributed by atoms with van der Waals surface area (Å²) < 4.78 is 36.3. The van der Waals surface area contributed by atoms with Gasteiger partial charge in [-0.15, -0.1) is 0 Å². The van der Waals surface area contributed by atoms with Crippen molar-refractivity contribution in [2.45, 2.75) is 25.9 Å². The van der Waals surface area contributed by atoms with Gasteiger partial charge in [0.05, 0.1) is 15.0 Å². The van der Waals surface area contributed by atoms with Crippen molar-refractivity contribution in [2.24, 2.45) is 0 Å². The Morgan fingerprint density at radius 2 is 1.77 bits per heavy atom. The van der Waals surface area contributed by atoms with Crippen molar-refractivity contribution in [1.29, 1.82) is 0 Å². The van der Waals surface area contributed by atoms with Gasteiger partial charge in [0.15, 0.2) is 0 Å². The first kappa shape index (κ1) is 22.0. The second kappa shape index (κ2) is 8.59. The van der Waals surface area contributed by atoms with Gasteiger partial charge < -0.3 is 10.2 Å². The molecule has 0 spiro atoms. The van der Waals surface area contributed by atoms with Crippen LogP contribution in [0.25, 0.3) is 0 Å². The summed E-state index contributed by atoms with van der Waals surface area (Å²) in [6.45, 7) is 4.04. The number of hydrogen-bond donors (Lipinski definition) is 2. The molecule has 26 heavy (non-hydrogen) atoms. The SMILES string of the molecule is CC(C)c1cc(Cl)ccc1O.O=[N+]([O-])c1cc(C(F)(F)F)cc(Br)c1O. The van der Waals surface area contributed by atoms with E-state index in [1.165, 1.54) is 0 Å². The molecule has 0 aliphatic heterocycles. The molecule has 2 rings (SSSR count). The number of alkyl halides is 3. The van der Waals surface area contributed by atoms with Crippen molar-refractivity contribution in [3.63, 3.8) is 0 Å². The Hall–Kier alpha value is -2.00. The van der Waals surface area contributed by atoms with Gasteiger partial charge in [0.25, 0.3) is 0 Å². The molecule has 0 amide bonds. The number of rotatable bonds is 2. The van der Waals surface area contributed by atoms with Gasteiger partial charge in [-0.1, -0.05) is 25.4 Å². The molecule has 0 aliphatic carbocycles. The fraction of sp³-hybridized carbons (Fsp3) is 0.250. The minimum atomic E-state index is -4.69. The standard InChI is InChI=1S/C9H11ClO.C7H3BrF3NO3/c1-6(2)8-5-7(10)3-4-9(8)11;8-4-1-3(7(9,10)11)2-5(6(4)13)12(14)15/h3-6,11H,1-2H3;1-2,13H. The number of aromatic hydroxyl groups is 2. The van der Waals surface area contributed by atoms with E-state index >= 15 is 0 Å². The number of hydrogen-bond acceptors (Lipinski definition) is 4. The third-order valence-corrected chi connectivity index (χ3v) is 4.02. The van der Waals surface area contributed by atoms with Gasteiger partial charge in [-0.2, -0.15) is 13.2 Å². The molecule has 5 nitrogen and oxygen atoms in total. The lowest BCUT2D eigenvalue weighted by Gasteiger charge is -2.07. The number of nitro groups is 1. The van der Waals surface area contributed by atoms with E-state index in [1.807, 2.05) is 13.8 Å². The molecule has 2 N–H and O–H groups in total. The smallest absolute Gasteiger partial charge is 0.416 e. The number of nitrogens with zero attached hydrogens (tertiary/aromatic N) is 1. The van der Waals surface area contributed by atoms with E-state index in [4.69, 9.17) is 16.7 Å². The number of phenols is 2. The average Bonchev–Trinajstić information content (AvgIpc) is 2.51. The lowest BCUT2D eigenvalue weighted by molar-refractivity contribution is -0.386. The molecule has 0 saturated heterocycles. The summed E-state index contributed by atoms with van der Waals surface area (Å²) in [6, 6.07) is 5.95. The van der Waals surface area contributed by atoms with Crippen molar-refractivity contribution >= 4 is 33.2 Å². The number of benzene rings is 2. The predicted octanol–water partition coefficient (Wildman–Crippen LogP) is 6.25. The molecule has 2 aromatic rings. The fourth-order valence-corrected chi connectivity index (χ4v) is 2.51. The number of phenolic OH excluding ortho intramolecular Hbond substituents is 2. The topological polar surface area (TPSA) is 83.6 Å². The zero-order valence-corrected chi connectivity index (χ0v) is 15.9. The summed E-state index contributed by atoms with van der Waals surface area (Å²) in [6.07, 6.45) is -4.69. The van der Waals surface area contributed by atoms with E-state index in [0.717, 1.165) is 5.56 Å². The third kappa shape index (κ3) is 5.77. The largest absolute Gasteiger partial charge is 0.508 e. The first-order valence-corrected chi connectivity index (χ1v) is 8.24. The van der Waals surface area contributed by atoms with Crippen molar-refractivity contribution < 1.29 is 28.3 Å². The van der Waals surface area contributed by atoms with Crippen LogP contribution in [0.1, 0.15) is 30.9 Å². The van der Waals surface area contributed by atoms with E-state index in [9.17, 15) is 28.4 Å². The van der Waals surface area contributed by atoms with Crippen molar-refractivity contribution in [3.05, 3.63) is 61.1 Å². The molecule has 0 unspecified atom stereocenters. The first-order chi connectivity index (χ1) is 11.8. The predicted molar refractivity (Wildman–Crippen MR) is 94.7 cm³/mol. The molecule has 0 fully saturated rings. The lowest BCUT2D eigenvalue weighted by atomic mass is 10.0. The summed E-state index contributed by atoms with van der Waals surface area (Å²) in [5, 5.41) is 29.4. The monoisotopic (exact) mass is 455 g/mol. The summed E-state index contributed by atoms with van der Waals surface area (Å²) >= 11 is 8.35. The lowest BCUT2D eigenvalue weighted by Crippen LogP contribution is -2.05. The second-order valence-corrected chi connectivity index (χ2v) is 6.73. The van der Waals surface area contributed by atoms with Crippen LogP contribution in [0.3, 0.4) is 0 Å². The molecular weight excluding hydrogens is 443 g/mol. The van der Waals surface area contributed by atoms with Gasteiger partial charge in [0.1, 0.15) is 5.75 Å². The maximum Gasteiger partial charge on any atom is 0.416 e. The van der Waals surface area contributed by atoms with Crippen molar-refractivity contribution in [3.8, 4) is 11.5 Å². The van der Waals surface area contributed by atoms with Crippen molar-refractivity contribution in [2.75, 3.05) is 0 Å². The van der Waals surface area contributed by atoms with Gasteiger partial charge in [0, 0.05) is 11.1 Å². The number of halogens is 5. The Kier molecular flexibility index (Phi) is 7.28. The van der Waals surface area contributed by atoms with Crippen LogP contribution in [0.2, 0.25) is 5.02 Å². The fourth-order valence-electron chi connectivity index (χ4n) is 1.88. The van der Waals surface area contributed by atoms with Crippen molar-refractivity contribution in [1.82, 2.24) is 0 Å². The van der Waals surface area contributed by atoms with Gasteiger partial charge in [-0.3, -0.25) is 10.1 Å². The van der Waals surface area contributed by atoms with Crippen LogP contribution < -0.4 is 0 Å². The van der Waals surface area contributed by atoms with Crippen LogP contribution in [0.4, 0.5) is 18.9 Å². The zero-order valence-electron chi connectivity index (χ0n) is 13.5. The molecule has 142 valence electrons. The van der Waals surface area contributed by atoms with Crippen LogP contribution in [0, 0.1) is 10.1 Å². The summed E-state index contributed by atoms with van der Waals surface area (Å²) in [4.78, 5) is 9.22. The Morgan fingerprint density at radius 1 is 1.19 bits per heavy atom. The Balaban J connectivity index is 0.000000273. The van der Waals surface area contributed by atoms with E-state index in [2.05, 4.69) is 15.9 Å². The zero-order chi connectivity index (χ0) is 20.2. The molecule has 2 aromatic carbocycles. The normalized spacial score (nSPS) is 11.1. The van der Waals surface area contributed by atoms with E-state index < -0.39 is 28.1 Å². The van der Waals surface area contributed by atoms with E-state index in [1.54, 1.807) is 18.2 Å². The second-order valence-electron chi connectivity index (χ2n) is 5.44. The first-order valence-electron chi connectivity index (χ1n) is 7.07. The molecule has 0 bridgehead atoms. The average molecular weight is 457 g/mol. The maximum absolute atomic E-state index is 12.2. The molecule has 0 radical (unpaired) electrons. The minimum Gasteiger partial charge on any atom is -0.508 e. The van der Waals surface area contributed by atoms with Crippen LogP contribution in [0.15, 0.2) is 34.8 Å². The summed E-state index contributed by atoms with van der Waals surface area (Å²) in [5.41, 5.74) is -1.28. The van der Waals surface area contributed by atoms with Gasteiger partial charge >= 0.3 is 11.9 Å². The number of nitro benzene ring substituents is 1. The van der Waals surface area contributed by atoms with E-state index in [-0.39, 0.29) is 10.5 Å². The highest BCUT2D eigenvalue weighted by molar-refractivity contribution is 9.10. The molecule has 0 aliphatic rings. The van der Waals surface area contributed by atoms with E-state index in [0.29, 0.717) is 22.8 Å². The van der Waals surface area contributed by atoms with Crippen LogP contribution in [-0.4, -0.2) is 15.1 Å². The highest BCUT2D eigenvalue weighted by Gasteiger charge is 2.34. The van der Waals surface area contributed by atoms with Crippen LogP contribution in [-0.2, 0) is 6.18 Å². The van der Waals surface area contributed by atoms with Gasteiger partial charge in [-0.25, -0.2) is 0 Å². The molecule has 0 atom stereocenters. The molecular formula is C16H14BrClF3NO4. The molecule has 0 aromatic heterocycles. The highest BCUT2D eigenvalue weighted by Crippen LogP contribution is 2.40. The highest BCUT2D eigenvalue weighted by atomic mass is 79.9.